The maximum absolute atomic E-state index is 11.5. The lowest BCUT2D eigenvalue weighted by Gasteiger charge is -2.07. The van der Waals surface area contributed by atoms with Crippen LogP contribution in [0, 0.1) is 5.92 Å². The van der Waals surface area contributed by atoms with Gasteiger partial charge in [-0.1, -0.05) is 23.4 Å². The number of sulfone groups is 1. The molecule has 0 saturated carbocycles. The van der Waals surface area contributed by atoms with Gasteiger partial charge in [-0.25, -0.2) is 8.42 Å². The molecule has 0 N–H and O–H groups in total. The van der Waals surface area contributed by atoms with Gasteiger partial charge >= 0.3 is 0 Å². The van der Waals surface area contributed by atoms with Crippen LogP contribution in [-0.4, -0.2) is 37.2 Å². The first-order valence-electron chi connectivity index (χ1n) is 7.43. The quantitative estimate of drug-likeness (QED) is 0.703. The predicted molar refractivity (Wildman–Crippen MR) is 92.3 cm³/mol. The van der Waals surface area contributed by atoms with Gasteiger partial charge in [0, 0.05) is 22.8 Å². The Morgan fingerprint density at radius 3 is 2.96 bits per heavy atom. The van der Waals surface area contributed by atoms with Gasteiger partial charge in [0.05, 0.1) is 18.6 Å². The van der Waals surface area contributed by atoms with Crippen LogP contribution in [0.15, 0.2) is 27.8 Å². The summed E-state index contributed by atoms with van der Waals surface area (Å²) in [5.41, 5.74) is 0.941. The Morgan fingerprint density at radius 1 is 1.42 bits per heavy atom. The molecule has 2 heterocycles. The number of benzene rings is 1. The second kappa shape index (κ2) is 7.33. The van der Waals surface area contributed by atoms with Crippen LogP contribution in [0.1, 0.15) is 17.9 Å². The molecule has 1 aromatic carbocycles. The van der Waals surface area contributed by atoms with Crippen molar-refractivity contribution in [2.75, 3.05) is 18.6 Å². The molecule has 1 aliphatic rings. The van der Waals surface area contributed by atoms with Crippen LogP contribution in [0.5, 0.6) is 5.75 Å². The van der Waals surface area contributed by atoms with Crippen molar-refractivity contribution in [3.63, 3.8) is 0 Å². The minimum Gasteiger partial charge on any atom is -0.496 e. The Balaban J connectivity index is 1.60. The summed E-state index contributed by atoms with van der Waals surface area (Å²) in [7, 11) is -1.28. The van der Waals surface area contributed by atoms with E-state index < -0.39 is 9.84 Å². The van der Waals surface area contributed by atoms with Crippen molar-refractivity contribution in [1.82, 2.24) is 10.2 Å². The van der Waals surface area contributed by atoms with Crippen molar-refractivity contribution in [1.29, 1.82) is 0 Å². The van der Waals surface area contributed by atoms with Crippen LogP contribution < -0.4 is 4.74 Å². The van der Waals surface area contributed by atoms with Crippen molar-refractivity contribution in [2.24, 2.45) is 5.92 Å². The van der Waals surface area contributed by atoms with Gasteiger partial charge in [-0.2, -0.15) is 0 Å². The summed E-state index contributed by atoms with van der Waals surface area (Å²) in [5.74, 6) is 2.35. The van der Waals surface area contributed by atoms with Crippen LogP contribution >= 0.6 is 23.4 Å². The molecule has 1 saturated heterocycles. The second-order valence-corrected chi connectivity index (χ2v) is 9.27. The zero-order valence-electron chi connectivity index (χ0n) is 13.1. The van der Waals surface area contributed by atoms with Gasteiger partial charge in [0.15, 0.2) is 9.84 Å². The fourth-order valence-corrected chi connectivity index (χ4v) is 5.47. The van der Waals surface area contributed by atoms with Crippen LogP contribution in [0.2, 0.25) is 5.02 Å². The number of hydrogen-bond donors (Lipinski definition) is 0. The second-order valence-electron chi connectivity index (χ2n) is 5.68. The number of hydrogen-bond acceptors (Lipinski definition) is 7. The molecule has 0 bridgehead atoms. The van der Waals surface area contributed by atoms with Gasteiger partial charge in [0.25, 0.3) is 5.22 Å². The van der Waals surface area contributed by atoms with Gasteiger partial charge in [0.1, 0.15) is 5.75 Å². The van der Waals surface area contributed by atoms with E-state index in [9.17, 15) is 8.42 Å². The summed E-state index contributed by atoms with van der Waals surface area (Å²) >= 11 is 7.41. The van der Waals surface area contributed by atoms with Gasteiger partial charge in [-0.05, 0) is 30.5 Å². The normalized spacial score (nSPS) is 19.5. The Kier molecular flexibility index (Phi) is 5.36. The number of methoxy groups -OCH3 is 1. The Bertz CT molecular complexity index is 823. The van der Waals surface area contributed by atoms with Gasteiger partial charge < -0.3 is 9.15 Å². The molecule has 0 aliphatic carbocycles. The lowest BCUT2D eigenvalue weighted by molar-refractivity contribution is 0.389. The Morgan fingerprint density at radius 2 is 2.25 bits per heavy atom. The number of thioether (sulfide) groups is 1. The highest BCUT2D eigenvalue weighted by Gasteiger charge is 2.29. The monoisotopic (exact) mass is 388 g/mol. The number of aromatic nitrogens is 2. The van der Waals surface area contributed by atoms with E-state index in [4.69, 9.17) is 20.8 Å². The van der Waals surface area contributed by atoms with Gasteiger partial charge in [-0.15, -0.1) is 10.2 Å². The average molecular weight is 389 g/mol. The molecule has 0 spiro atoms. The molecule has 9 heteroatoms. The third-order valence-electron chi connectivity index (χ3n) is 3.83. The smallest absolute Gasteiger partial charge is 0.276 e. The first kappa shape index (κ1) is 17.6. The third-order valence-corrected chi connectivity index (χ3v) is 6.77. The van der Waals surface area contributed by atoms with E-state index in [1.165, 1.54) is 11.8 Å². The zero-order chi connectivity index (χ0) is 17.2. The molecule has 3 rings (SSSR count). The maximum Gasteiger partial charge on any atom is 0.276 e. The van der Waals surface area contributed by atoms with E-state index in [0.717, 1.165) is 11.3 Å². The van der Waals surface area contributed by atoms with Gasteiger partial charge in [0.2, 0.25) is 5.89 Å². The number of rotatable bonds is 6. The highest BCUT2D eigenvalue weighted by Crippen LogP contribution is 2.30. The molecule has 0 radical (unpaired) electrons. The molecular weight excluding hydrogens is 372 g/mol. The largest absolute Gasteiger partial charge is 0.496 e. The lowest BCUT2D eigenvalue weighted by atomic mass is 10.1. The summed E-state index contributed by atoms with van der Waals surface area (Å²) < 4.78 is 33.9. The lowest BCUT2D eigenvalue weighted by Crippen LogP contribution is -2.07. The molecule has 0 amide bonds. The number of nitrogens with zero attached hydrogens (tertiary/aromatic N) is 2. The first-order valence-corrected chi connectivity index (χ1v) is 10.6. The van der Waals surface area contributed by atoms with Gasteiger partial charge in [-0.3, -0.25) is 0 Å². The molecule has 1 fully saturated rings. The van der Waals surface area contributed by atoms with E-state index >= 15 is 0 Å². The van der Waals surface area contributed by atoms with E-state index in [-0.39, 0.29) is 17.4 Å². The highest BCUT2D eigenvalue weighted by molar-refractivity contribution is 7.98. The van der Waals surface area contributed by atoms with Crippen LogP contribution in [0.25, 0.3) is 0 Å². The molecule has 6 nitrogen and oxygen atoms in total. The van der Waals surface area contributed by atoms with Crippen molar-refractivity contribution in [3.8, 4) is 5.75 Å². The van der Waals surface area contributed by atoms with E-state index in [2.05, 4.69) is 10.2 Å². The van der Waals surface area contributed by atoms with Crippen molar-refractivity contribution >= 4 is 33.2 Å². The third kappa shape index (κ3) is 4.43. The van der Waals surface area contributed by atoms with Crippen molar-refractivity contribution in [2.45, 2.75) is 23.8 Å². The van der Waals surface area contributed by atoms with Crippen molar-refractivity contribution in [3.05, 3.63) is 34.7 Å². The minimum absolute atomic E-state index is 0.0707. The molecule has 1 unspecified atom stereocenters. The molecule has 1 atom stereocenters. The van der Waals surface area contributed by atoms with E-state index in [1.54, 1.807) is 13.2 Å². The standard InChI is InChI=1S/C15H17ClN2O4S2/c1-21-13-3-2-12(16)7-11(13)8-23-15-18-17-14(22-15)6-10-4-5-24(19,20)9-10/h2-3,7,10H,4-6,8-9H2,1H3. The zero-order valence-corrected chi connectivity index (χ0v) is 15.5. The molecule has 24 heavy (non-hydrogen) atoms. The van der Waals surface area contributed by atoms with Crippen LogP contribution in [0.3, 0.4) is 0 Å². The Labute approximate surface area is 149 Å². The molecule has 2 aromatic rings. The fourth-order valence-electron chi connectivity index (χ4n) is 2.66. The average Bonchev–Trinajstić information content (AvgIpc) is 3.12. The summed E-state index contributed by atoms with van der Waals surface area (Å²) in [6, 6.07) is 5.43. The molecule has 1 aliphatic heterocycles. The SMILES string of the molecule is COc1ccc(Cl)cc1CSc1nnc(CC2CCS(=O)(=O)C2)o1. The minimum atomic E-state index is -2.89. The summed E-state index contributed by atoms with van der Waals surface area (Å²) in [6.45, 7) is 0. The summed E-state index contributed by atoms with van der Waals surface area (Å²) in [4.78, 5) is 0. The fraction of sp³-hybridized carbons (Fsp3) is 0.467. The maximum atomic E-state index is 11.5. The molecule has 1 aromatic heterocycles. The van der Waals surface area contributed by atoms with Crippen molar-refractivity contribution < 1.29 is 17.6 Å². The Hall–Kier alpha value is -1.25. The van der Waals surface area contributed by atoms with Crippen LogP contribution in [0.4, 0.5) is 0 Å². The highest BCUT2D eigenvalue weighted by atomic mass is 35.5. The summed E-state index contributed by atoms with van der Waals surface area (Å²) in [5, 5.41) is 9.11. The van der Waals surface area contributed by atoms with E-state index in [0.29, 0.717) is 34.7 Å². The predicted octanol–water partition coefficient (Wildman–Crippen LogP) is 3.00. The van der Waals surface area contributed by atoms with Crippen LogP contribution in [-0.2, 0) is 22.0 Å². The summed E-state index contributed by atoms with van der Waals surface area (Å²) in [6.07, 6.45) is 1.17. The molecular formula is C15H17ClN2O4S2. The topological polar surface area (TPSA) is 82.3 Å². The first-order chi connectivity index (χ1) is 11.4. The van der Waals surface area contributed by atoms with E-state index in [1.807, 2.05) is 12.1 Å². The number of halogens is 1. The molecule has 130 valence electrons. The number of ether oxygens (including phenoxy) is 1.